The molecule has 2 heterocycles. The summed E-state index contributed by atoms with van der Waals surface area (Å²) in [5.74, 6) is -3.19. The summed E-state index contributed by atoms with van der Waals surface area (Å²) in [5.41, 5.74) is 6.46. The third-order valence-electron chi connectivity index (χ3n) is 6.31. The van der Waals surface area contributed by atoms with Gasteiger partial charge in [-0.1, -0.05) is 24.3 Å². The zero-order valence-electron chi connectivity index (χ0n) is 22.9. The Balaban J connectivity index is 0.000000541. The van der Waals surface area contributed by atoms with Crippen LogP contribution in [0.3, 0.4) is 0 Å². The number of benzene rings is 3. The molecule has 3 aromatic carbocycles. The Kier molecular flexibility index (Phi) is 9.29. The fourth-order valence-electron chi connectivity index (χ4n) is 4.32. The van der Waals surface area contributed by atoms with E-state index < -0.39 is 18.0 Å². The molecule has 0 spiro atoms. The van der Waals surface area contributed by atoms with Crippen LogP contribution >= 0.6 is 0 Å². The molecule has 0 aliphatic heterocycles. The van der Waals surface area contributed by atoms with Gasteiger partial charge in [0, 0.05) is 39.7 Å². The van der Waals surface area contributed by atoms with Gasteiger partial charge >= 0.3 is 12.1 Å². The molecule has 12 heteroatoms. The average Bonchev–Trinajstić information content (AvgIpc) is 3.28. The summed E-state index contributed by atoms with van der Waals surface area (Å²) in [6.45, 7) is 1.97. The standard InChI is InChI=1S/C29H25FN4O2.C2HF3O2/c1-18-23(22-7-3-4-8-26(22)32-18)16-29(35)34-20-10-11-27(33-21-6-5-13-31-17-21)24(15-20)19-9-12-28(36-2)25(30)14-19;3-2(4,5)1(6)7/h3-15,17,32-33H,16H2,1-2H3,(H,34,35);(H,6,7). The zero-order chi connectivity index (χ0) is 31.1. The van der Waals surface area contributed by atoms with E-state index in [0.29, 0.717) is 11.3 Å². The molecule has 0 fully saturated rings. The maximum absolute atomic E-state index is 14.6. The summed E-state index contributed by atoms with van der Waals surface area (Å²) >= 11 is 0. The quantitative estimate of drug-likeness (QED) is 0.148. The summed E-state index contributed by atoms with van der Waals surface area (Å²) < 4.78 is 51.4. The number of anilines is 3. The van der Waals surface area contributed by atoms with E-state index in [4.69, 9.17) is 14.6 Å². The van der Waals surface area contributed by atoms with E-state index in [0.717, 1.165) is 39.1 Å². The van der Waals surface area contributed by atoms with Crippen molar-refractivity contribution in [1.82, 2.24) is 9.97 Å². The van der Waals surface area contributed by atoms with Gasteiger partial charge in [0.1, 0.15) is 0 Å². The fourth-order valence-corrected chi connectivity index (χ4v) is 4.32. The van der Waals surface area contributed by atoms with Crippen LogP contribution in [-0.2, 0) is 16.0 Å². The van der Waals surface area contributed by atoms with Gasteiger partial charge in [0.2, 0.25) is 5.91 Å². The summed E-state index contributed by atoms with van der Waals surface area (Å²) in [4.78, 5) is 29.4. The number of amides is 1. The minimum Gasteiger partial charge on any atom is -0.494 e. The monoisotopic (exact) mass is 594 g/mol. The molecular formula is C31H26F4N4O4. The van der Waals surface area contributed by atoms with Gasteiger partial charge in [-0.2, -0.15) is 13.2 Å². The van der Waals surface area contributed by atoms with Crippen molar-refractivity contribution in [2.24, 2.45) is 0 Å². The molecule has 5 aromatic rings. The van der Waals surface area contributed by atoms with Crippen LogP contribution in [0.2, 0.25) is 0 Å². The van der Waals surface area contributed by atoms with Gasteiger partial charge in [-0.3, -0.25) is 9.78 Å². The van der Waals surface area contributed by atoms with Crippen LogP contribution < -0.4 is 15.4 Å². The molecule has 5 rings (SSSR count). The first kappa shape index (κ1) is 30.6. The Labute approximate surface area is 243 Å². The van der Waals surface area contributed by atoms with Crippen molar-refractivity contribution in [2.45, 2.75) is 19.5 Å². The molecule has 2 aromatic heterocycles. The molecule has 4 N–H and O–H groups in total. The molecule has 8 nitrogen and oxygen atoms in total. The van der Waals surface area contributed by atoms with Crippen LogP contribution in [-0.4, -0.2) is 40.2 Å². The number of aromatic nitrogens is 2. The van der Waals surface area contributed by atoms with Crippen LogP contribution in [0.1, 0.15) is 11.3 Å². The van der Waals surface area contributed by atoms with Gasteiger partial charge in [0.25, 0.3) is 0 Å². The third kappa shape index (κ3) is 7.67. The SMILES string of the molecule is COc1ccc(-c2cc(NC(=O)Cc3c(C)[nH]c4ccccc34)ccc2Nc2cccnc2)cc1F.O=C(O)C(F)(F)F. The van der Waals surface area contributed by atoms with Gasteiger partial charge in [0.15, 0.2) is 11.6 Å². The van der Waals surface area contributed by atoms with Crippen LogP contribution in [0.25, 0.3) is 22.0 Å². The second kappa shape index (κ2) is 13.1. The summed E-state index contributed by atoms with van der Waals surface area (Å²) in [7, 11) is 1.43. The van der Waals surface area contributed by atoms with Gasteiger partial charge in [-0.05, 0) is 66.6 Å². The van der Waals surface area contributed by atoms with Crippen LogP contribution in [0, 0.1) is 12.7 Å². The Bertz CT molecular complexity index is 1750. The first-order chi connectivity index (χ1) is 20.5. The number of rotatable bonds is 7. The number of carbonyl (C=O) groups is 2. The largest absolute Gasteiger partial charge is 0.494 e. The van der Waals surface area contributed by atoms with E-state index in [1.165, 1.54) is 13.2 Å². The summed E-state index contributed by atoms with van der Waals surface area (Å²) in [5, 5.41) is 14.5. The highest BCUT2D eigenvalue weighted by atomic mass is 19.4. The minimum atomic E-state index is -5.08. The van der Waals surface area contributed by atoms with E-state index in [9.17, 15) is 22.4 Å². The lowest BCUT2D eigenvalue weighted by Gasteiger charge is -2.15. The number of H-pyrrole nitrogens is 1. The maximum Gasteiger partial charge on any atom is 0.490 e. The van der Waals surface area contributed by atoms with E-state index in [1.807, 2.05) is 61.5 Å². The Morgan fingerprint density at radius 2 is 1.74 bits per heavy atom. The third-order valence-corrected chi connectivity index (χ3v) is 6.31. The van der Waals surface area contributed by atoms with Gasteiger partial charge < -0.3 is 25.5 Å². The number of fused-ring (bicyclic) bond motifs is 1. The molecular weight excluding hydrogens is 568 g/mol. The lowest BCUT2D eigenvalue weighted by atomic mass is 10.0. The molecule has 0 atom stereocenters. The smallest absolute Gasteiger partial charge is 0.490 e. The number of nitrogens with zero attached hydrogens (tertiary/aromatic N) is 1. The number of carboxylic acid groups (broad SMARTS) is 1. The zero-order valence-corrected chi connectivity index (χ0v) is 22.9. The van der Waals surface area contributed by atoms with Crippen molar-refractivity contribution < 1.29 is 37.0 Å². The molecule has 0 saturated heterocycles. The number of pyridine rings is 1. The number of hydrogen-bond donors (Lipinski definition) is 4. The predicted molar refractivity (Wildman–Crippen MR) is 155 cm³/mol. The molecule has 0 aliphatic carbocycles. The minimum absolute atomic E-state index is 0.136. The highest BCUT2D eigenvalue weighted by molar-refractivity contribution is 5.97. The van der Waals surface area contributed by atoms with Crippen LogP contribution in [0.4, 0.5) is 34.6 Å². The molecule has 0 bridgehead atoms. The lowest BCUT2D eigenvalue weighted by Crippen LogP contribution is -2.21. The van der Waals surface area contributed by atoms with E-state index in [1.54, 1.807) is 24.5 Å². The van der Waals surface area contributed by atoms with E-state index in [-0.39, 0.29) is 18.1 Å². The number of aliphatic carboxylic acids is 1. The van der Waals surface area contributed by atoms with Crippen molar-refractivity contribution in [3.8, 4) is 16.9 Å². The number of carboxylic acids is 1. The summed E-state index contributed by atoms with van der Waals surface area (Å²) in [6.07, 6.45) is -1.45. The molecule has 0 unspecified atom stereocenters. The van der Waals surface area contributed by atoms with Crippen molar-refractivity contribution in [3.05, 3.63) is 102 Å². The van der Waals surface area contributed by atoms with Crippen molar-refractivity contribution in [1.29, 1.82) is 0 Å². The molecule has 0 radical (unpaired) electrons. The van der Waals surface area contributed by atoms with E-state index >= 15 is 0 Å². The van der Waals surface area contributed by atoms with Gasteiger partial charge in [0.05, 0.1) is 25.4 Å². The normalized spacial score (nSPS) is 10.9. The van der Waals surface area contributed by atoms with E-state index in [2.05, 4.69) is 20.6 Å². The first-order valence-electron chi connectivity index (χ1n) is 12.8. The highest BCUT2D eigenvalue weighted by Crippen LogP contribution is 2.35. The van der Waals surface area contributed by atoms with Crippen LogP contribution in [0.15, 0.2) is 85.2 Å². The van der Waals surface area contributed by atoms with Crippen molar-refractivity contribution in [3.63, 3.8) is 0 Å². The molecule has 1 amide bonds. The second-order valence-corrected chi connectivity index (χ2v) is 9.28. The lowest BCUT2D eigenvalue weighted by molar-refractivity contribution is -0.192. The Morgan fingerprint density at radius 3 is 2.40 bits per heavy atom. The molecule has 0 aliphatic rings. The first-order valence-corrected chi connectivity index (χ1v) is 12.8. The number of aromatic amines is 1. The highest BCUT2D eigenvalue weighted by Gasteiger charge is 2.38. The number of carbonyl (C=O) groups excluding carboxylic acids is 1. The molecule has 222 valence electrons. The van der Waals surface area contributed by atoms with Gasteiger partial charge in [-0.25, -0.2) is 9.18 Å². The number of halogens is 4. The second-order valence-electron chi connectivity index (χ2n) is 9.28. The number of methoxy groups -OCH3 is 1. The molecule has 0 saturated carbocycles. The number of alkyl halides is 3. The molecule has 43 heavy (non-hydrogen) atoms. The number of aryl methyl sites for hydroxylation is 1. The average molecular weight is 595 g/mol. The number of hydrogen-bond acceptors (Lipinski definition) is 5. The predicted octanol–water partition coefficient (Wildman–Crippen LogP) is 7.24. The number of para-hydroxylation sites is 1. The van der Waals surface area contributed by atoms with Gasteiger partial charge in [-0.15, -0.1) is 0 Å². The summed E-state index contributed by atoms with van der Waals surface area (Å²) in [6, 6.07) is 22.0. The van der Waals surface area contributed by atoms with Crippen molar-refractivity contribution >= 4 is 39.8 Å². The number of nitrogens with one attached hydrogen (secondary N) is 3. The topological polar surface area (TPSA) is 116 Å². The Morgan fingerprint density at radius 1 is 1.00 bits per heavy atom. The van der Waals surface area contributed by atoms with Crippen LogP contribution in [0.5, 0.6) is 5.75 Å². The Hall–Kier alpha value is -5.39. The van der Waals surface area contributed by atoms with Crippen molar-refractivity contribution in [2.75, 3.05) is 17.7 Å². The fraction of sp³-hybridized carbons (Fsp3) is 0.129. The maximum atomic E-state index is 14.6. The number of ether oxygens (including phenoxy) is 1.